The number of anilines is 2. The molecule has 0 aliphatic carbocycles. The molecule has 0 spiro atoms. The summed E-state index contributed by atoms with van der Waals surface area (Å²) in [5, 5.41) is 9.28. The number of benzene rings is 2. The van der Waals surface area contributed by atoms with Crippen molar-refractivity contribution in [2.24, 2.45) is 0 Å². The van der Waals surface area contributed by atoms with E-state index < -0.39 is 0 Å². The van der Waals surface area contributed by atoms with Crippen LogP contribution < -0.4 is 11.5 Å². The van der Waals surface area contributed by atoms with Crippen LogP contribution in [0, 0.1) is 11.3 Å². The molecule has 0 fully saturated rings. The van der Waals surface area contributed by atoms with E-state index in [0.717, 1.165) is 23.1 Å². The second-order valence-corrected chi connectivity index (χ2v) is 5.43. The Morgan fingerprint density at radius 2 is 1.42 bits per heavy atom. The molecule has 0 bridgehead atoms. The summed E-state index contributed by atoms with van der Waals surface area (Å²) in [5.74, 6) is 0.153. The Bertz CT molecular complexity index is 906. The van der Waals surface area contributed by atoms with Crippen LogP contribution >= 0.6 is 0 Å². The molecule has 4 N–H and O–H groups in total. The molecule has 0 aliphatic rings. The summed E-state index contributed by atoms with van der Waals surface area (Å²) < 4.78 is 0. The summed E-state index contributed by atoms with van der Waals surface area (Å²) in [6, 6.07) is 18.3. The van der Waals surface area contributed by atoms with Crippen LogP contribution in [-0.2, 0) is 6.42 Å². The number of nitriles is 1. The summed E-state index contributed by atoms with van der Waals surface area (Å²) in [5.41, 5.74) is 16.4. The minimum atomic E-state index is 0.0562. The van der Waals surface area contributed by atoms with Crippen LogP contribution in [0.1, 0.15) is 18.1 Å². The van der Waals surface area contributed by atoms with Crippen molar-refractivity contribution >= 4 is 11.8 Å². The highest BCUT2D eigenvalue weighted by Gasteiger charge is 2.13. The van der Waals surface area contributed by atoms with Crippen LogP contribution in [0.4, 0.5) is 11.8 Å². The zero-order valence-corrected chi connectivity index (χ0v) is 13.3. The first-order chi connectivity index (χ1) is 11.6. The van der Waals surface area contributed by atoms with Gasteiger partial charge in [0, 0.05) is 5.56 Å². The van der Waals surface area contributed by atoms with E-state index in [4.69, 9.17) is 11.5 Å². The monoisotopic (exact) mass is 315 g/mol. The van der Waals surface area contributed by atoms with Crippen molar-refractivity contribution in [3.8, 4) is 28.5 Å². The van der Waals surface area contributed by atoms with Crippen LogP contribution in [0.15, 0.2) is 48.5 Å². The lowest BCUT2D eigenvalue weighted by Gasteiger charge is -2.08. The van der Waals surface area contributed by atoms with Crippen molar-refractivity contribution in [1.29, 1.82) is 5.26 Å². The van der Waals surface area contributed by atoms with Crippen molar-refractivity contribution in [2.45, 2.75) is 13.3 Å². The van der Waals surface area contributed by atoms with Crippen LogP contribution in [-0.4, -0.2) is 9.97 Å². The molecule has 3 aromatic rings. The number of aromatic nitrogens is 2. The molecular formula is C19H17N5. The quantitative estimate of drug-likeness (QED) is 0.771. The van der Waals surface area contributed by atoms with Gasteiger partial charge in [-0.3, -0.25) is 0 Å². The smallest absolute Gasteiger partial charge is 0.222 e. The van der Waals surface area contributed by atoms with Crippen molar-refractivity contribution in [3.63, 3.8) is 0 Å². The van der Waals surface area contributed by atoms with Gasteiger partial charge in [-0.1, -0.05) is 55.5 Å². The molecule has 0 saturated carbocycles. The first kappa shape index (κ1) is 15.5. The maximum Gasteiger partial charge on any atom is 0.222 e. The average Bonchev–Trinajstić information content (AvgIpc) is 2.61. The average molecular weight is 315 g/mol. The van der Waals surface area contributed by atoms with Crippen molar-refractivity contribution in [2.75, 3.05) is 11.5 Å². The summed E-state index contributed by atoms with van der Waals surface area (Å²) >= 11 is 0. The molecule has 2 aromatic carbocycles. The molecule has 0 radical (unpaired) electrons. The third-order valence-electron chi connectivity index (χ3n) is 3.92. The molecule has 0 saturated heterocycles. The largest absolute Gasteiger partial charge is 0.382 e. The predicted molar refractivity (Wildman–Crippen MR) is 95.8 cm³/mol. The highest BCUT2D eigenvalue weighted by atomic mass is 15.0. The third kappa shape index (κ3) is 2.90. The van der Waals surface area contributed by atoms with Gasteiger partial charge in [0.25, 0.3) is 0 Å². The van der Waals surface area contributed by atoms with Gasteiger partial charge in [-0.05, 0) is 23.1 Å². The van der Waals surface area contributed by atoms with Crippen LogP contribution in [0.5, 0.6) is 0 Å². The molecule has 0 aliphatic heterocycles. The number of nitrogens with zero attached hydrogens (tertiary/aromatic N) is 3. The van der Waals surface area contributed by atoms with E-state index in [9.17, 15) is 5.26 Å². The van der Waals surface area contributed by atoms with E-state index in [1.165, 1.54) is 5.56 Å². The maximum atomic E-state index is 9.28. The number of hydrogen-bond donors (Lipinski definition) is 2. The Balaban J connectivity index is 1.99. The second-order valence-electron chi connectivity index (χ2n) is 5.43. The standard InChI is InChI=1S/C19H17N5/c1-2-12-3-5-13(6-4-12)14-7-9-15(10-8-14)17-16(11-20)18(21)24-19(22)23-17/h3-10H,2H2,1H3,(H4,21,22,23,24). The maximum absolute atomic E-state index is 9.28. The van der Waals surface area contributed by atoms with E-state index in [-0.39, 0.29) is 17.3 Å². The van der Waals surface area contributed by atoms with Crippen LogP contribution in [0.25, 0.3) is 22.4 Å². The van der Waals surface area contributed by atoms with Gasteiger partial charge in [0.1, 0.15) is 17.5 Å². The van der Waals surface area contributed by atoms with Crippen molar-refractivity contribution in [3.05, 3.63) is 59.7 Å². The fourth-order valence-corrected chi connectivity index (χ4v) is 2.57. The van der Waals surface area contributed by atoms with E-state index in [1.807, 2.05) is 30.3 Å². The van der Waals surface area contributed by atoms with Gasteiger partial charge in [-0.25, -0.2) is 4.98 Å². The molecule has 5 heteroatoms. The fourth-order valence-electron chi connectivity index (χ4n) is 2.57. The molecule has 5 nitrogen and oxygen atoms in total. The zero-order chi connectivity index (χ0) is 17.1. The summed E-state index contributed by atoms with van der Waals surface area (Å²) in [4.78, 5) is 8.00. The molecule has 24 heavy (non-hydrogen) atoms. The summed E-state index contributed by atoms with van der Waals surface area (Å²) in [7, 11) is 0. The fraction of sp³-hybridized carbons (Fsp3) is 0.105. The Kier molecular flexibility index (Phi) is 4.13. The lowest BCUT2D eigenvalue weighted by molar-refractivity contribution is 1.14. The molecule has 0 amide bonds. The minimum absolute atomic E-state index is 0.0562. The van der Waals surface area contributed by atoms with Gasteiger partial charge in [0.05, 0.1) is 5.69 Å². The van der Waals surface area contributed by atoms with Crippen LogP contribution in [0.2, 0.25) is 0 Å². The van der Waals surface area contributed by atoms with Gasteiger partial charge in [-0.2, -0.15) is 10.2 Å². The van der Waals surface area contributed by atoms with E-state index in [2.05, 4.69) is 41.2 Å². The lowest BCUT2D eigenvalue weighted by atomic mass is 10.00. The summed E-state index contributed by atoms with van der Waals surface area (Å²) in [6.45, 7) is 2.13. The number of aryl methyl sites for hydroxylation is 1. The number of nitrogens with two attached hydrogens (primary N) is 2. The Morgan fingerprint density at radius 3 is 1.96 bits per heavy atom. The third-order valence-corrected chi connectivity index (χ3v) is 3.92. The number of nitrogen functional groups attached to an aromatic ring is 2. The van der Waals surface area contributed by atoms with Gasteiger partial charge in [-0.15, -0.1) is 0 Å². The van der Waals surface area contributed by atoms with Crippen LogP contribution in [0.3, 0.4) is 0 Å². The Morgan fingerprint density at radius 1 is 0.875 bits per heavy atom. The highest BCUT2D eigenvalue weighted by Crippen LogP contribution is 2.28. The first-order valence-electron chi connectivity index (χ1n) is 7.65. The van der Waals surface area contributed by atoms with Gasteiger partial charge in [0.15, 0.2) is 0 Å². The molecule has 118 valence electrons. The SMILES string of the molecule is CCc1ccc(-c2ccc(-c3nc(N)nc(N)c3C#N)cc2)cc1. The molecule has 1 heterocycles. The zero-order valence-electron chi connectivity index (χ0n) is 13.3. The Hall–Kier alpha value is -3.39. The Labute approximate surface area is 140 Å². The normalized spacial score (nSPS) is 10.3. The molecule has 1 aromatic heterocycles. The lowest BCUT2D eigenvalue weighted by Crippen LogP contribution is -2.04. The number of rotatable bonds is 3. The topological polar surface area (TPSA) is 102 Å². The van der Waals surface area contributed by atoms with Crippen molar-refractivity contribution in [1.82, 2.24) is 9.97 Å². The van der Waals surface area contributed by atoms with Gasteiger partial charge >= 0.3 is 0 Å². The van der Waals surface area contributed by atoms with E-state index in [1.54, 1.807) is 0 Å². The minimum Gasteiger partial charge on any atom is -0.382 e. The molecule has 3 rings (SSSR count). The first-order valence-corrected chi connectivity index (χ1v) is 7.65. The number of hydrogen-bond acceptors (Lipinski definition) is 5. The second kappa shape index (κ2) is 6.39. The highest BCUT2D eigenvalue weighted by molar-refractivity contribution is 5.75. The summed E-state index contributed by atoms with van der Waals surface area (Å²) in [6.07, 6.45) is 1.02. The van der Waals surface area contributed by atoms with E-state index >= 15 is 0 Å². The van der Waals surface area contributed by atoms with E-state index in [0.29, 0.717) is 5.69 Å². The van der Waals surface area contributed by atoms with Crippen molar-refractivity contribution < 1.29 is 0 Å². The predicted octanol–water partition coefficient (Wildman–Crippen LogP) is 3.41. The van der Waals surface area contributed by atoms with Gasteiger partial charge < -0.3 is 11.5 Å². The molecule has 0 atom stereocenters. The van der Waals surface area contributed by atoms with Gasteiger partial charge in [0.2, 0.25) is 5.95 Å². The molecular weight excluding hydrogens is 298 g/mol. The molecule has 0 unspecified atom stereocenters.